The maximum absolute atomic E-state index is 9.54. The third-order valence-corrected chi connectivity index (χ3v) is 4.78. The van der Waals surface area contributed by atoms with Crippen LogP contribution in [0.2, 0.25) is 5.02 Å². The maximum Gasteiger partial charge on any atom is 0.223 e. The number of hydrogen-bond acceptors (Lipinski definition) is 7. The third-order valence-electron chi connectivity index (χ3n) is 4.55. The van der Waals surface area contributed by atoms with E-state index in [1.165, 1.54) is 0 Å². The molecule has 132 valence electrons. The highest BCUT2D eigenvalue weighted by atomic mass is 35.5. The minimum atomic E-state index is 0.571. The Balaban J connectivity index is 1.57. The van der Waals surface area contributed by atoms with Gasteiger partial charge >= 0.3 is 0 Å². The largest absolute Gasteiger partial charge is 0.367 e. The van der Waals surface area contributed by atoms with E-state index in [0.29, 0.717) is 28.8 Å². The number of pyridine rings is 1. The lowest BCUT2D eigenvalue weighted by Gasteiger charge is -2.36. The van der Waals surface area contributed by atoms with Crippen molar-refractivity contribution in [1.29, 1.82) is 5.26 Å². The Labute approximate surface area is 155 Å². The molecule has 1 aromatic carbocycles. The van der Waals surface area contributed by atoms with E-state index in [2.05, 4.69) is 31.0 Å². The molecular weight excluding hydrogens is 352 g/mol. The van der Waals surface area contributed by atoms with Crippen molar-refractivity contribution in [2.24, 2.45) is 0 Å². The Bertz CT molecular complexity index is 987. The molecule has 0 bridgehead atoms. The summed E-state index contributed by atoms with van der Waals surface area (Å²) in [5.74, 6) is 1.28. The Morgan fingerprint density at radius 2 is 2.08 bits per heavy atom. The lowest BCUT2D eigenvalue weighted by Crippen LogP contribution is -2.46. The molecule has 0 radical (unpaired) electrons. The molecule has 0 spiro atoms. The van der Waals surface area contributed by atoms with Crippen molar-refractivity contribution in [2.75, 3.05) is 31.1 Å². The SMILES string of the molecule is Cc1nc(CN2CCN(c3c(C#N)cnc4ccc(Cl)cc34)CC2)no1. The van der Waals surface area contributed by atoms with Gasteiger partial charge in [0.2, 0.25) is 5.89 Å². The van der Waals surface area contributed by atoms with E-state index in [1.54, 1.807) is 13.1 Å². The average Bonchev–Trinajstić information content (AvgIpc) is 3.06. The quantitative estimate of drug-likeness (QED) is 0.702. The second-order valence-electron chi connectivity index (χ2n) is 6.29. The molecule has 0 aliphatic carbocycles. The van der Waals surface area contributed by atoms with E-state index in [9.17, 15) is 5.26 Å². The van der Waals surface area contributed by atoms with E-state index >= 15 is 0 Å². The average molecular weight is 369 g/mol. The summed E-state index contributed by atoms with van der Waals surface area (Å²) in [7, 11) is 0. The zero-order valence-electron chi connectivity index (χ0n) is 14.3. The summed E-state index contributed by atoms with van der Waals surface area (Å²) in [4.78, 5) is 13.2. The number of anilines is 1. The number of aromatic nitrogens is 3. The first-order chi connectivity index (χ1) is 12.6. The molecule has 1 aliphatic heterocycles. The van der Waals surface area contributed by atoms with Gasteiger partial charge in [-0.15, -0.1) is 0 Å². The fourth-order valence-electron chi connectivity index (χ4n) is 3.31. The van der Waals surface area contributed by atoms with Crippen molar-refractivity contribution in [3.63, 3.8) is 0 Å². The Morgan fingerprint density at radius 1 is 1.27 bits per heavy atom. The Morgan fingerprint density at radius 3 is 2.77 bits per heavy atom. The predicted octanol–water partition coefficient (Wildman–Crippen LogP) is 2.77. The molecule has 0 unspecified atom stereocenters. The molecule has 0 saturated carbocycles. The van der Waals surface area contributed by atoms with Crippen molar-refractivity contribution in [3.8, 4) is 6.07 Å². The molecule has 2 aromatic heterocycles. The summed E-state index contributed by atoms with van der Waals surface area (Å²) in [5, 5.41) is 15.1. The van der Waals surface area contributed by atoms with Crippen molar-refractivity contribution < 1.29 is 4.52 Å². The number of aryl methyl sites for hydroxylation is 1. The fourth-order valence-corrected chi connectivity index (χ4v) is 3.48. The van der Waals surface area contributed by atoms with E-state index in [-0.39, 0.29) is 0 Å². The van der Waals surface area contributed by atoms with Gasteiger partial charge in [-0.2, -0.15) is 10.2 Å². The van der Waals surface area contributed by atoms with Crippen LogP contribution in [0.5, 0.6) is 0 Å². The van der Waals surface area contributed by atoms with Crippen LogP contribution in [-0.4, -0.2) is 46.2 Å². The number of nitriles is 1. The highest BCUT2D eigenvalue weighted by molar-refractivity contribution is 6.31. The van der Waals surface area contributed by atoms with Crippen LogP contribution in [0.4, 0.5) is 5.69 Å². The molecule has 1 fully saturated rings. The summed E-state index contributed by atoms with van der Waals surface area (Å²) in [5.41, 5.74) is 2.32. The van der Waals surface area contributed by atoms with Crippen LogP contribution in [0.3, 0.4) is 0 Å². The monoisotopic (exact) mass is 368 g/mol. The summed E-state index contributed by atoms with van der Waals surface area (Å²) < 4.78 is 5.03. The minimum Gasteiger partial charge on any atom is -0.367 e. The molecule has 3 heterocycles. The molecule has 0 N–H and O–H groups in total. The van der Waals surface area contributed by atoms with E-state index in [1.807, 2.05) is 18.2 Å². The Hall–Kier alpha value is -2.69. The van der Waals surface area contributed by atoms with Gasteiger partial charge < -0.3 is 9.42 Å². The lowest BCUT2D eigenvalue weighted by molar-refractivity contribution is 0.240. The molecule has 1 aliphatic rings. The van der Waals surface area contributed by atoms with Crippen molar-refractivity contribution in [3.05, 3.63) is 46.7 Å². The number of piperazine rings is 1. The fraction of sp³-hybridized carbons (Fsp3) is 0.333. The highest BCUT2D eigenvalue weighted by Gasteiger charge is 2.22. The number of benzene rings is 1. The zero-order chi connectivity index (χ0) is 18.1. The molecule has 0 amide bonds. The van der Waals surface area contributed by atoms with Crippen LogP contribution in [0.15, 0.2) is 28.9 Å². The zero-order valence-corrected chi connectivity index (χ0v) is 15.1. The number of fused-ring (bicyclic) bond motifs is 1. The van der Waals surface area contributed by atoms with Gasteiger partial charge in [0.25, 0.3) is 0 Å². The van der Waals surface area contributed by atoms with Crippen LogP contribution in [0.25, 0.3) is 10.9 Å². The summed E-state index contributed by atoms with van der Waals surface area (Å²) in [6, 6.07) is 7.85. The van der Waals surface area contributed by atoms with Gasteiger partial charge in [0.1, 0.15) is 6.07 Å². The van der Waals surface area contributed by atoms with Gasteiger partial charge in [-0.3, -0.25) is 9.88 Å². The van der Waals surface area contributed by atoms with Crippen LogP contribution in [-0.2, 0) is 6.54 Å². The highest BCUT2D eigenvalue weighted by Crippen LogP contribution is 2.32. The molecular formula is C18H17ClN6O. The smallest absolute Gasteiger partial charge is 0.223 e. The molecule has 3 aromatic rings. The van der Waals surface area contributed by atoms with Crippen LogP contribution < -0.4 is 4.90 Å². The topological polar surface area (TPSA) is 82.1 Å². The van der Waals surface area contributed by atoms with Crippen LogP contribution in [0, 0.1) is 18.3 Å². The summed E-state index contributed by atoms with van der Waals surface area (Å²) in [6.07, 6.45) is 1.64. The van der Waals surface area contributed by atoms with Gasteiger partial charge in [-0.05, 0) is 18.2 Å². The van der Waals surface area contributed by atoms with Gasteiger partial charge in [0.05, 0.1) is 23.3 Å². The number of nitrogens with zero attached hydrogens (tertiary/aromatic N) is 6. The summed E-state index contributed by atoms with van der Waals surface area (Å²) >= 11 is 6.18. The second kappa shape index (κ2) is 6.90. The summed E-state index contributed by atoms with van der Waals surface area (Å²) in [6.45, 7) is 5.76. The normalized spacial score (nSPS) is 15.3. The van der Waals surface area contributed by atoms with Crippen molar-refractivity contribution >= 4 is 28.2 Å². The predicted molar refractivity (Wildman–Crippen MR) is 98.0 cm³/mol. The molecule has 4 rings (SSSR count). The molecule has 1 saturated heterocycles. The van der Waals surface area contributed by atoms with Crippen molar-refractivity contribution in [2.45, 2.75) is 13.5 Å². The number of rotatable bonds is 3. The second-order valence-corrected chi connectivity index (χ2v) is 6.72. The van der Waals surface area contributed by atoms with Gasteiger partial charge in [-0.25, -0.2) is 0 Å². The van der Waals surface area contributed by atoms with Crippen LogP contribution in [0.1, 0.15) is 17.3 Å². The first-order valence-electron chi connectivity index (χ1n) is 8.39. The van der Waals surface area contributed by atoms with Gasteiger partial charge in [0.15, 0.2) is 5.82 Å². The lowest BCUT2D eigenvalue weighted by atomic mass is 10.1. The number of hydrogen-bond donors (Lipinski definition) is 0. The maximum atomic E-state index is 9.54. The van der Waals surface area contributed by atoms with Gasteiger partial charge in [-0.1, -0.05) is 16.8 Å². The van der Waals surface area contributed by atoms with Crippen molar-refractivity contribution in [1.82, 2.24) is 20.0 Å². The van der Waals surface area contributed by atoms with Crippen LogP contribution >= 0.6 is 11.6 Å². The molecule has 7 nitrogen and oxygen atoms in total. The molecule has 0 atom stereocenters. The van der Waals surface area contributed by atoms with E-state index in [4.69, 9.17) is 16.1 Å². The molecule has 26 heavy (non-hydrogen) atoms. The minimum absolute atomic E-state index is 0.571. The molecule has 8 heteroatoms. The standard InChI is InChI=1S/C18H17ClN6O/c1-12-22-17(23-26-12)11-24-4-6-25(7-5-24)18-13(9-20)10-21-16-3-2-14(19)8-15(16)18/h2-3,8,10H,4-7,11H2,1H3. The van der Waals surface area contributed by atoms with Gasteiger partial charge in [0, 0.05) is 49.7 Å². The first-order valence-corrected chi connectivity index (χ1v) is 8.76. The first kappa shape index (κ1) is 16.8. The van der Waals surface area contributed by atoms with E-state index < -0.39 is 0 Å². The Kier molecular flexibility index (Phi) is 4.45. The number of halogens is 1. The third kappa shape index (κ3) is 3.21. The van der Waals surface area contributed by atoms with E-state index in [0.717, 1.165) is 42.8 Å².